The van der Waals surface area contributed by atoms with Gasteiger partial charge in [-0.05, 0) is 43.5 Å². The second kappa shape index (κ2) is 8.12. The number of aromatic hydroxyl groups is 1. The van der Waals surface area contributed by atoms with E-state index in [4.69, 9.17) is 4.74 Å². The molecule has 0 saturated carbocycles. The molecule has 1 aliphatic rings. The van der Waals surface area contributed by atoms with Crippen molar-refractivity contribution in [2.24, 2.45) is 5.92 Å². The standard InChI is InChI=1S/C21H23NO5/c1-14-7-8-16(21(25)26)12-22(14)20(24)18-11-17(9-10-19(18)23)27-13-15-5-3-2-4-6-15/h2-6,9-11,14,16,23H,7-8,12-13H2,1H3,(H,25,26). The summed E-state index contributed by atoms with van der Waals surface area (Å²) in [6.45, 7) is 2.38. The highest BCUT2D eigenvalue weighted by atomic mass is 16.5. The van der Waals surface area contributed by atoms with Gasteiger partial charge in [0.25, 0.3) is 5.91 Å². The van der Waals surface area contributed by atoms with Crippen molar-refractivity contribution in [2.75, 3.05) is 6.54 Å². The molecule has 2 unspecified atom stereocenters. The maximum Gasteiger partial charge on any atom is 0.308 e. The minimum Gasteiger partial charge on any atom is -0.507 e. The van der Waals surface area contributed by atoms with Crippen LogP contribution in [0.15, 0.2) is 48.5 Å². The fraction of sp³-hybridized carbons (Fsp3) is 0.333. The summed E-state index contributed by atoms with van der Waals surface area (Å²) in [6.07, 6.45) is 1.17. The summed E-state index contributed by atoms with van der Waals surface area (Å²) >= 11 is 0. The van der Waals surface area contributed by atoms with Crippen molar-refractivity contribution in [3.8, 4) is 11.5 Å². The van der Waals surface area contributed by atoms with Gasteiger partial charge in [-0.15, -0.1) is 0 Å². The lowest BCUT2D eigenvalue weighted by molar-refractivity contribution is -0.143. The number of phenols is 1. The number of hydrogen-bond donors (Lipinski definition) is 2. The molecule has 0 radical (unpaired) electrons. The molecule has 1 fully saturated rings. The monoisotopic (exact) mass is 369 g/mol. The van der Waals surface area contributed by atoms with E-state index in [0.29, 0.717) is 25.2 Å². The highest BCUT2D eigenvalue weighted by Gasteiger charge is 2.33. The number of phenolic OH excluding ortho intramolecular Hbond substituents is 1. The molecule has 0 aliphatic carbocycles. The average molecular weight is 369 g/mol. The molecule has 0 bridgehead atoms. The Morgan fingerprint density at radius 2 is 1.89 bits per heavy atom. The number of nitrogens with zero attached hydrogens (tertiary/aromatic N) is 1. The van der Waals surface area contributed by atoms with E-state index in [1.165, 1.54) is 17.0 Å². The Morgan fingerprint density at radius 3 is 2.59 bits per heavy atom. The molecule has 6 nitrogen and oxygen atoms in total. The van der Waals surface area contributed by atoms with E-state index in [2.05, 4.69) is 0 Å². The first-order valence-electron chi connectivity index (χ1n) is 8.99. The van der Waals surface area contributed by atoms with Crippen LogP contribution < -0.4 is 4.74 Å². The van der Waals surface area contributed by atoms with Gasteiger partial charge in [0, 0.05) is 12.6 Å². The smallest absolute Gasteiger partial charge is 0.308 e. The van der Waals surface area contributed by atoms with Gasteiger partial charge < -0.3 is 19.8 Å². The van der Waals surface area contributed by atoms with Crippen LogP contribution in [0.2, 0.25) is 0 Å². The number of hydrogen-bond acceptors (Lipinski definition) is 4. The predicted molar refractivity (Wildman–Crippen MR) is 99.7 cm³/mol. The zero-order chi connectivity index (χ0) is 19.4. The van der Waals surface area contributed by atoms with Gasteiger partial charge in [0.15, 0.2) is 0 Å². The van der Waals surface area contributed by atoms with Crippen LogP contribution in [0.5, 0.6) is 11.5 Å². The number of benzene rings is 2. The predicted octanol–water partition coefficient (Wildman–Crippen LogP) is 3.30. The number of amides is 1. The maximum absolute atomic E-state index is 12.9. The molecular formula is C21H23NO5. The molecule has 0 aromatic heterocycles. The van der Waals surface area contributed by atoms with Gasteiger partial charge in [-0.25, -0.2) is 0 Å². The second-order valence-corrected chi connectivity index (χ2v) is 6.87. The Kier molecular flexibility index (Phi) is 5.64. The van der Waals surface area contributed by atoms with E-state index in [9.17, 15) is 19.8 Å². The van der Waals surface area contributed by atoms with Gasteiger partial charge in [0.05, 0.1) is 11.5 Å². The molecule has 1 aliphatic heterocycles. The quantitative estimate of drug-likeness (QED) is 0.844. The lowest BCUT2D eigenvalue weighted by atomic mass is 9.93. The third-order valence-electron chi connectivity index (χ3n) is 4.94. The van der Waals surface area contributed by atoms with Crippen LogP contribution in [0.4, 0.5) is 0 Å². The van der Waals surface area contributed by atoms with Crippen molar-refractivity contribution in [1.29, 1.82) is 0 Å². The van der Waals surface area contributed by atoms with Gasteiger partial charge in [-0.3, -0.25) is 9.59 Å². The second-order valence-electron chi connectivity index (χ2n) is 6.87. The van der Waals surface area contributed by atoms with Crippen molar-refractivity contribution >= 4 is 11.9 Å². The van der Waals surface area contributed by atoms with Gasteiger partial charge in [-0.1, -0.05) is 30.3 Å². The molecule has 142 valence electrons. The minimum absolute atomic E-state index is 0.0820. The Balaban J connectivity index is 1.76. The van der Waals surface area contributed by atoms with Gasteiger partial charge in [0.2, 0.25) is 0 Å². The van der Waals surface area contributed by atoms with E-state index in [-0.39, 0.29) is 29.8 Å². The molecule has 3 rings (SSSR count). The third-order valence-corrected chi connectivity index (χ3v) is 4.94. The summed E-state index contributed by atoms with van der Waals surface area (Å²) in [5, 5.41) is 19.4. The number of rotatable bonds is 5. The summed E-state index contributed by atoms with van der Waals surface area (Å²) in [5.41, 5.74) is 1.12. The first kappa shape index (κ1) is 18.8. The molecule has 6 heteroatoms. The number of carboxylic acid groups (broad SMARTS) is 1. The summed E-state index contributed by atoms with van der Waals surface area (Å²) in [5.74, 6) is -1.53. The van der Waals surface area contributed by atoms with E-state index < -0.39 is 11.9 Å². The zero-order valence-corrected chi connectivity index (χ0v) is 15.2. The summed E-state index contributed by atoms with van der Waals surface area (Å²) < 4.78 is 5.74. The molecule has 2 atom stereocenters. The van der Waals surface area contributed by atoms with Crippen LogP contribution in [0.25, 0.3) is 0 Å². The molecule has 1 saturated heterocycles. The van der Waals surface area contributed by atoms with Crippen LogP contribution in [-0.2, 0) is 11.4 Å². The van der Waals surface area contributed by atoms with Crippen molar-refractivity contribution in [1.82, 2.24) is 4.90 Å². The number of ether oxygens (including phenoxy) is 1. The SMILES string of the molecule is CC1CCC(C(=O)O)CN1C(=O)c1cc(OCc2ccccc2)ccc1O. The molecule has 27 heavy (non-hydrogen) atoms. The van der Waals surface area contributed by atoms with E-state index in [1.807, 2.05) is 37.3 Å². The van der Waals surface area contributed by atoms with E-state index >= 15 is 0 Å². The first-order valence-corrected chi connectivity index (χ1v) is 8.99. The van der Waals surface area contributed by atoms with Gasteiger partial charge >= 0.3 is 5.97 Å². The molecule has 2 N–H and O–H groups in total. The first-order chi connectivity index (χ1) is 13.0. The molecule has 2 aromatic carbocycles. The number of carbonyl (C=O) groups is 2. The molecular weight excluding hydrogens is 346 g/mol. The van der Waals surface area contributed by atoms with E-state index in [0.717, 1.165) is 5.56 Å². The van der Waals surface area contributed by atoms with Crippen molar-refractivity contribution < 1.29 is 24.5 Å². The van der Waals surface area contributed by atoms with Gasteiger partial charge in [0.1, 0.15) is 18.1 Å². The lowest BCUT2D eigenvalue weighted by Crippen LogP contribution is -2.47. The zero-order valence-electron chi connectivity index (χ0n) is 15.2. The summed E-state index contributed by atoms with van der Waals surface area (Å²) in [7, 11) is 0. The lowest BCUT2D eigenvalue weighted by Gasteiger charge is -2.36. The van der Waals surface area contributed by atoms with Crippen molar-refractivity contribution in [2.45, 2.75) is 32.4 Å². The van der Waals surface area contributed by atoms with Crippen molar-refractivity contribution in [3.63, 3.8) is 0 Å². The van der Waals surface area contributed by atoms with Crippen LogP contribution in [-0.4, -0.2) is 39.6 Å². The van der Waals surface area contributed by atoms with Crippen molar-refractivity contribution in [3.05, 3.63) is 59.7 Å². The molecule has 0 spiro atoms. The third kappa shape index (κ3) is 4.39. The highest BCUT2D eigenvalue weighted by Crippen LogP contribution is 2.29. The fourth-order valence-electron chi connectivity index (χ4n) is 3.26. The molecule has 1 amide bonds. The number of piperidine rings is 1. The summed E-state index contributed by atoms with van der Waals surface area (Å²) in [6, 6.07) is 14.1. The average Bonchev–Trinajstić information content (AvgIpc) is 2.68. The fourth-order valence-corrected chi connectivity index (χ4v) is 3.26. The Morgan fingerprint density at radius 1 is 1.15 bits per heavy atom. The Bertz CT molecular complexity index is 821. The highest BCUT2D eigenvalue weighted by molar-refractivity contribution is 5.97. The summed E-state index contributed by atoms with van der Waals surface area (Å²) in [4.78, 5) is 25.8. The topological polar surface area (TPSA) is 87.1 Å². The Labute approximate surface area is 158 Å². The molecule has 2 aromatic rings. The van der Waals surface area contributed by atoms with Crippen LogP contribution in [0, 0.1) is 5.92 Å². The van der Waals surface area contributed by atoms with Crippen LogP contribution in [0.3, 0.4) is 0 Å². The number of aliphatic carboxylic acids is 1. The Hall–Kier alpha value is -3.02. The van der Waals surface area contributed by atoms with Crippen LogP contribution in [0.1, 0.15) is 35.7 Å². The number of carbonyl (C=O) groups excluding carboxylic acids is 1. The molecule has 1 heterocycles. The van der Waals surface area contributed by atoms with Crippen LogP contribution >= 0.6 is 0 Å². The maximum atomic E-state index is 12.9. The number of likely N-dealkylation sites (tertiary alicyclic amines) is 1. The number of carboxylic acids is 1. The normalized spacial score (nSPS) is 19.5. The minimum atomic E-state index is -0.899. The largest absolute Gasteiger partial charge is 0.507 e. The van der Waals surface area contributed by atoms with E-state index in [1.54, 1.807) is 6.07 Å². The van der Waals surface area contributed by atoms with Gasteiger partial charge in [-0.2, -0.15) is 0 Å².